The highest BCUT2D eigenvalue weighted by Crippen LogP contribution is 2.27. The molecule has 0 heterocycles. The van der Waals surface area contributed by atoms with E-state index < -0.39 is 34.1 Å². The van der Waals surface area contributed by atoms with E-state index in [9.17, 15) is 18.0 Å². The minimum atomic E-state index is -4.20. The summed E-state index contributed by atoms with van der Waals surface area (Å²) in [5.74, 6) is -0.324. The van der Waals surface area contributed by atoms with E-state index in [4.69, 9.17) is 4.74 Å². The Morgan fingerprint density at radius 1 is 0.783 bits per heavy atom. The van der Waals surface area contributed by atoms with Gasteiger partial charge in [0, 0.05) is 18.5 Å². The number of carbonyl (C=O) groups is 2. The Labute approximate surface area is 273 Å². The van der Waals surface area contributed by atoms with Gasteiger partial charge in [0.25, 0.3) is 10.0 Å². The summed E-state index contributed by atoms with van der Waals surface area (Å²) in [5, 5.41) is 3.05. The molecule has 4 aromatic rings. The van der Waals surface area contributed by atoms with Crippen molar-refractivity contribution in [3.63, 3.8) is 0 Å². The molecule has 0 saturated carbocycles. The van der Waals surface area contributed by atoms with Crippen LogP contribution in [0.5, 0.6) is 5.75 Å². The highest BCUT2D eigenvalue weighted by atomic mass is 32.2. The second-order valence-electron chi connectivity index (χ2n) is 12.5. The van der Waals surface area contributed by atoms with Crippen LogP contribution in [0.2, 0.25) is 0 Å². The summed E-state index contributed by atoms with van der Waals surface area (Å²) in [4.78, 5) is 30.1. The number of hydrogen-bond donors (Lipinski definition) is 1. The van der Waals surface area contributed by atoms with E-state index in [2.05, 4.69) is 5.32 Å². The molecule has 0 aliphatic rings. The number of nitrogens with one attached hydrogen (secondary N) is 1. The molecule has 242 valence electrons. The number of carbonyl (C=O) groups excluding carboxylic acids is 2. The second-order valence-corrected chi connectivity index (χ2v) is 14.3. The van der Waals surface area contributed by atoms with Gasteiger partial charge in [-0.1, -0.05) is 77.9 Å². The van der Waals surface area contributed by atoms with Crippen molar-refractivity contribution >= 4 is 27.5 Å². The molecule has 1 N–H and O–H groups in total. The van der Waals surface area contributed by atoms with Crippen molar-refractivity contribution in [3.8, 4) is 5.75 Å². The average molecular weight is 642 g/mol. The van der Waals surface area contributed by atoms with Crippen LogP contribution in [0.4, 0.5) is 5.69 Å². The van der Waals surface area contributed by atoms with Crippen molar-refractivity contribution in [1.29, 1.82) is 0 Å². The van der Waals surface area contributed by atoms with Gasteiger partial charge in [-0.2, -0.15) is 0 Å². The molecule has 0 aromatic heterocycles. The average Bonchev–Trinajstić information content (AvgIpc) is 3.02. The molecule has 0 spiro atoms. The van der Waals surface area contributed by atoms with E-state index >= 15 is 0 Å². The molecule has 0 unspecified atom stereocenters. The number of amides is 2. The largest absolute Gasteiger partial charge is 0.497 e. The molecular formula is C37H43N3O5S. The molecule has 0 aliphatic carbocycles. The van der Waals surface area contributed by atoms with Gasteiger partial charge in [-0.15, -0.1) is 0 Å². The summed E-state index contributed by atoms with van der Waals surface area (Å²) in [6.45, 7) is 9.13. The van der Waals surface area contributed by atoms with Gasteiger partial charge in [-0.25, -0.2) is 8.42 Å². The smallest absolute Gasteiger partial charge is 0.264 e. The first kappa shape index (κ1) is 34.2. The van der Waals surface area contributed by atoms with Crippen LogP contribution in [0.25, 0.3) is 0 Å². The Morgan fingerprint density at radius 2 is 1.35 bits per heavy atom. The third kappa shape index (κ3) is 8.97. The highest BCUT2D eigenvalue weighted by Gasteiger charge is 2.35. The third-order valence-corrected chi connectivity index (χ3v) is 9.28. The lowest BCUT2D eigenvalue weighted by atomic mass is 10.0. The number of sulfonamides is 1. The molecule has 4 rings (SSSR count). The number of aryl methyl sites for hydroxylation is 2. The first-order valence-electron chi connectivity index (χ1n) is 15.2. The van der Waals surface area contributed by atoms with Crippen LogP contribution in [0.3, 0.4) is 0 Å². The molecule has 1 atom stereocenters. The summed E-state index contributed by atoms with van der Waals surface area (Å²) in [6, 6.07) is 29.3. The summed E-state index contributed by atoms with van der Waals surface area (Å²) in [5.41, 5.74) is 3.48. The Bertz CT molecular complexity index is 1720. The molecule has 0 fully saturated rings. The predicted molar refractivity (Wildman–Crippen MR) is 182 cm³/mol. The lowest BCUT2D eigenvalue weighted by molar-refractivity contribution is -0.140. The zero-order chi connectivity index (χ0) is 33.5. The van der Waals surface area contributed by atoms with Gasteiger partial charge in [-0.05, 0) is 82.1 Å². The van der Waals surface area contributed by atoms with Gasteiger partial charge >= 0.3 is 0 Å². The van der Waals surface area contributed by atoms with Gasteiger partial charge in [0.15, 0.2) is 0 Å². The maximum absolute atomic E-state index is 14.6. The topological polar surface area (TPSA) is 96.0 Å². The molecule has 0 bridgehead atoms. The van der Waals surface area contributed by atoms with Crippen LogP contribution in [0, 0.1) is 13.8 Å². The van der Waals surface area contributed by atoms with Crippen molar-refractivity contribution in [1.82, 2.24) is 10.2 Å². The first-order valence-corrected chi connectivity index (χ1v) is 16.7. The van der Waals surface area contributed by atoms with Crippen LogP contribution < -0.4 is 14.4 Å². The van der Waals surface area contributed by atoms with E-state index in [0.717, 1.165) is 26.6 Å². The number of ether oxygens (including phenoxy) is 1. The zero-order valence-electron chi connectivity index (χ0n) is 27.4. The van der Waals surface area contributed by atoms with Gasteiger partial charge in [0.1, 0.15) is 18.3 Å². The normalized spacial score (nSPS) is 12.2. The lowest BCUT2D eigenvalue weighted by Gasteiger charge is -2.35. The fourth-order valence-corrected chi connectivity index (χ4v) is 6.43. The summed E-state index contributed by atoms with van der Waals surface area (Å²) in [7, 11) is -2.70. The van der Waals surface area contributed by atoms with E-state index in [1.807, 2.05) is 89.2 Å². The Hall–Kier alpha value is -4.63. The molecule has 8 nitrogen and oxygen atoms in total. The highest BCUT2D eigenvalue weighted by molar-refractivity contribution is 7.92. The summed E-state index contributed by atoms with van der Waals surface area (Å²) >= 11 is 0. The number of methoxy groups -OCH3 is 1. The maximum atomic E-state index is 14.6. The van der Waals surface area contributed by atoms with Crippen molar-refractivity contribution in [2.75, 3.05) is 18.0 Å². The fourth-order valence-electron chi connectivity index (χ4n) is 5.01. The van der Waals surface area contributed by atoms with Crippen molar-refractivity contribution in [2.24, 2.45) is 0 Å². The second kappa shape index (κ2) is 14.6. The SMILES string of the molecule is COc1ccc(S(=O)(=O)N(CC(=O)N(Cc2ccc(C)cc2)[C@H](Cc2ccccc2)C(=O)NC(C)(C)C)c2ccc(C)cc2)cc1. The van der Waals surface area contributed by atoms with E-state index in [1.54, 1.807) is 36.4 Å². The lowest BCUT2D eigenvalue weighted by Crippen LogP contribution is -2.56. The summed E-state index contributed by atoms with van der Waals surface area (Å²) in [6.07, 6.45) is 0.246. The number of nitrogens with zero attached hydrogens (tertiary/aromatic N) is 2. The maximum Gasteiger partial charge on any atom is 0.264 e. The quantitative estimate of drug-likeness (QED) is 0.203. The van der Waals surface area contributed by atoms with Crippen molar-refractivity contribution in [3.05, 3.63) is 125 Å². The van der Waals surface area contributed by atoms with E-state index in [0.29, 0.717) is 11.4 Å². The van der Waals surface area contributed by atoms with Crippen LogP contribution in [0.15, 0.2) is 108 Å². The molecular weight excluding hydrogens is 598 g/mol. The number of anilines is 1. The van der Waals surface area contributed by atoms with Gasteiger partial charge in [0.05, 0.1) is 17.7 Å². The van der Waals surface area contributed by atoms with Crippen LogP contribution in [0.1, 0.15) is 43.0 Å². The van der Waals surface area contributed by atoms with Gasteiger partial charge in [-0.3, -0.25) is 13.9 Å². The van der Waals surface area contributed by atoms with Gasteiger partial charge in [0.2, 0.25) is 11.8 Å². The standard InChI is InChI=1S/C37H43N3O5S/c1-27-12-16-30(17-13-27)25-39(34(36(42)38-37(3,4)5)24-29-10-8-7-9-11-29)35(41)26-40(31-18-14-28(2)15-19-31)46(43,44)33-22-20-32(45-6)21-23-33/h7-23,34H,24-26H2,1-6H3,(H,38,42)/t34-/m1/s1. The first-order chi connectivity index (χ1) is 21.8. The third-order valence-electron chi connectivity index (χ3n) is 7.49. The van der Waals surface area contributed by atoms with Crippen molar-refractivity contribution in [2.45, 2.75) is 64.1 Å². The molecule has 2 amide bonds. The molecule has 4 aromatic carbocycles. The minimum Gasteiger partial charge on any atom is -0.497 e. The Kier molecular flexibility index (Phi) is 10.9. The number of benzene rings is 4. The molecule has 0 aliphatic heterocycles. The van der Waals surface area contributed by atoms with Crippen LogP contribution in [-0.4, -0.2) is 50.4 Å². The number of rotatable bonds is 12. The minimum absolute atomic E-state index is 0.0121. The fraction of sp³-hybridized carbons (Fsp3) is 0.297. The van der Waals surface area contributed by atoms with Crippen LogP contribution >= 0.6 is 0 Å². The van der Waals surface area contributed by atoms with Crippen LogP contribution in [-0.2, 0) is 32.6 Å². The monoisotopic (exact) mass is 641 g/mol. The molecule has 0 radical (unpaired) electrons. The Morgan fingerprint density at radius 3 is 1.89 bits per heavy atom. The zero-order valence-corrected chi connectivity index (χ0v) is 28.2. The van der Waals surface area contributed by atoms with E-state index in [1.165, 1.54) is 24.1 Å². The van der Waals surface area contributed by atoms with Gasteiger partial charge < -0.3 is 15.0 Å². The summed E-state index contributed by atoms with van der Waals surface area (Å²) < 4.78 is 34.7. The van der Waals surface area contributed by atoms with Crippen molar-refractivity contribution < 1.29 is 22.7 Å². The number of hydrogen-bond acceptors (Lipinski definition) is 5. The Balaban J connectivity index is 1.81. The molecule has 0 saturated heterocycles. The molecule has 9 heteroatoms. The predicted octanol–water partition coefficient (Wildman–Crippen LogP) is 6.06. The molecule has 46 heavy (non-hydrogen) atoms. The van der Waals surface area contributed by atoms with E-state index in [-0.39, 0.29) is 23.8 Å².